The number of hydrogen-bond donors (Lipinski definition) is 3. The molecular formula is C32H27FN14O3. The summed E-state index contributed by atoms with van der Waals surface area (Å²) >= 11 is 0. The van der Waals surface area contributed by atoms with Crippen molar-refractivity contribution in [2.75, 3.05) is 11.5 Å². The fraction of sp³-hybridized carbons (Fsp3) is 0.125. The minimum Gasteiger partial charge on any atom is -0.463 e. The lowest BCUT2D eigenvalue weighted by Gasteiger charge is -2.07. The first-order valence-electron chi connectivity index (χ1n) is 15.0. The summed E-state index contributed by atoms with van der Waals surface area (Å²) in [6.07, 6.45) is 4.34. The van der Waals surface area contributed by atoms with Gasteiger partial charge < -0.3 is 25.6 Å². The summed E-state index contributed by atoms with van der Waals surface area (Å²) < 4.78 is 27.6. The second-order valence-corrected chi connectivity index (χ2v) is 10.9. The molecule has 0 aliphatic heterocycles. The zero-order valence-corrected chi connectivity index (χ0v) is 26.3. The quantitative estimate of drug-likeness (QED) is 0.210. The van der Waals surface area contributed by atoms with Gasteiger partial charge in [-0.15, -0.1) is 10.2 Å². The van der Waals surface area contributed by atoms with Gasteiger partial charge in [0, 0.05) is 19.0 Å². The van der Waals surface area contributed by atoms with Crippen LogP contribution in [0.2, 0.25) is 0 Å². The van der Waals surface area contributed by atoms with Crippen molar-refractivity contribution >= 4 is 40.1 Å². The molecule has 17 nitrogen and oxygen atoms in total. The van der Waals surface area contributed by atoms with E-state index in [0.717, 1.165) is 11.1 Å². The summed E-state index contributed by atoms with van der Waals surface area (Å²) in [4.78, 5) is 31.8. The molecule has 0 unspecified atom stereocenters. The molecule has 1 amide bonds. The smallest absolute Gasteiger partial charge is 0.222 e. The van der Waals surface area contributed by atoms with E-state index in [1.807, 2.05) is 24.3 Å². The summed E-state index contributed by atoms with van der Waals surface area (Å²) in [6.45, 7) is 2.60. The van der Waals surface area contributed by atoms with Crippen LogP contribution in [0, 0.1) is 5.82 Å². The highest BCUT2D eigenvalue weighted by Gasteiger charge is 2.19. The first kappa shape index (κ1) is 31.5. The Morgan fingerprint density at radius 3 is 2.12 bits per heavy atom. The van der Waals surface area contributed by atoms with E-state index in [-0.39, 0.29) is 30.2 Å². The molecule has 2 aromatic carbocycles. The number of nitrogens with two attached hydrogens (primary N) is 2. The topological polar surface area (TPSA) is 233 Å². The molecule has 6 aromatic heterocycles. The van der Waals surface area contributed by atoms with Gasteiger partial charge in [-0.05, 0) is 29.3 Å². The standard InChI is InChI=1S/C18H17N7O2.C14H10FN7O/c1-11(26)20-9-12-4-2-5-13(8-12)10-25-17-16(23-24-25)15(21-18(19)22-17)14-6-3-7-27-14;15-9-4-2-1-3-8(9)6-22-13-12(20-21-22)11(18-14(16)19-13)10-5-17-7-23-10/h2-8H,9-10H2,1H3,(H,20,26)(H2,19,21,22);1-5,7H,6H2,(H2,16,18,19). The van der Waals surface area contributed by atoms with Crippen LogP contribution in [0.3, 0.4) is 0 Å². The Morgan fingerprint density at radius 1 is 0.800 bits per heavy atom. The summed E-state index contributed by atoms with van der Waals surface area (Å²) in [6, 6.07) is 17.8. The highest BCUT2D eigenvalue weighted by atomic mass is 19.1. The molecule has 8 rings (SSSR count). The predicted molar refractivity (Wildman–Crippen MR) is 177 cm³/mol. The van der Waals surface area contributed by atoms with Gasteiger partial charge in [-0.25, -0.2) is 28.7 Å². The van der Waals surface area contributed by atoms with Crippen LogP contribution < -0.4 is 16.8 Å². The maximum absolute atomic E-state index is 13.8. The third-order valence-electron chi connectivity index (χ3n) is 7.32. The normalized spacial score (nSPS) is 11.1. The van der Waals surface area contributed by atoms with Gasteiger partial charge in [0.15, 0.2) is 40.2 Å². The number of aromatic nitrogens is 11. The predicted octanol–water partition coefficient (Wildman–Crippen LogP) is 3.39. The molecule has 5 N–H and O–H groups in total. The van der Waals surface area contributed by atoms with Gasteiger partial charge >= 0.3 is 0 Å². The number of fused-ring (bicyclic) bond motifs is 2. The third kappa shape index (κ3) is 6.65. The van der Waals surface area contributed by atoms with E-state index in [4.69, 9.17) is 20.3 Å². The molecule has 0 bridgehead atoms. The minimum absolute atomic E-state index is 0.0426. The van der Waals surface area contributed by atoms with E-state index >= 15 is 0 Å². The maximum atomic E-state index is 13.8. The molecule has 250 valence electrons. The molecule has 6 heterocycles. The molecule has 0 spiro atoms. The number of benzene rings is 2. The summed E-state index contributed by atoms with van der Waals surface area (Å²) in [5.41, 5.74) is 16.9. The molecule has 8 aromatic rings. The van der Waals surface area contributed by atoms with Gasteiger partial charge in [0.25, 0.3) is 0 Å². The molecule has 0 saturated heterocycles. The summed E-state index contributed by atoms with van der Waals surface area (Å²) in [7, 11) is 0. The number of nitrogens with one attached hydrogen (secondary N) is 1. The minimum atomic E-state index is -0.325. The number of nitrogens with zero attached hydrogens (tertiary/aromatic N) is 11. The lowest BCUT2D eigenvalue weighted by atomic mass is 10.1. The zero-order chi connectivity index (χ0) is 34.6. The second kappa shape index (κ2) is 13.6. The average Bonchev–Trinajstić information content (AvgIpc) is 3.94. The number of nitrogen functional groups attached to an aromatic ring is 2. The van der Waals surface area contributed by atoms with E-state index in [2.05, 4.69) is 50.9 Å². The lowest BCUT2D eigenvalue weighted by molar-refractivity contribution is -0.119. The lowest BCUT2D eigenvalue weighted by Crippen LogP contribution is -2.19. The van der Waals surface area contributed by atoms with Gasteiger partial charge in [-0.2, -0.15) is 9.97 Å². The Bertz CT molecular complexity index is 2420. The van der Waals surface area contributed by atoms with Gasteiger partial charge in [-0.1, -0.05) is 52.9 Å². The Kier molecular flexibility index (Phi) is 8.53. The van der Waals surface area contributed by atoms with Gasteiger partial charge in [-0.3, -0.25) is 4.79 Å². The molecule has 0 aliphatic rings. The molecule has 50 heavy (non-hydrogen) atoms. The molecule has 0 atom stereocenters. The number of rotatable bonds is 8. The number of halogens is 1. The number of furan rings is 1. The Hall–Kier alpha value is -7.11. The fourth-order valence-corrected chi connectivity index (χ4v) is 5.07. The largest absolute Gasteiger partial charge is 0.463 e. The Labute approximate surface area is 281 Å². The van der Waals surface area contributed by atoms with Crippen molar-refractivity contribution in [2.24, 2.45) is 0 Å². The maximum Gasteiger partial charge on any atom is 0.222 e. The molecule has 0 fully saturated rings. The summed E-state index contributed by atoms with van der Waals surface area (Å²) in [5, 5.41) is 19.3. The fourth-order valence-electron chi connectivity index (χ4n) is 5.07. The van der Waals surface area contributed by atoms with Crippen molar-refractivity contribution in [3.63, 3.8) is 0 Å². The van der Waals surface area contributed by atoms with E-state index in [9.17, 15) is 9.18 Å². The zero-order valence-electron chi connectivity index (χ0n) is 26.3. The Morgan fingerprint density at radius 2 is 1.48 bits per heavy atom. The van der Waals surface area contributed by atoms with Crippen LogP contribution in [0.4, 0.5) is 16.3 Å². The van der Waals surface area contributed by atoms with E-state index < -0.39 is 0 Å². The molecule has 18 heteroatoms. The van der Waals surface area contributed by atoms with Gasteiger partial charge in [0.05, 0.1) is 25.5 Å². The first-order valence-corrected chi connectivity index (χ1v) is 15.0. The third-order valence-corrected chi connectivity index (χ3v) is 7.32. The van der Waals surface area contributed by atoms with Crippen LogP contribution in [0.25, 0.3) is 45.2 Å². The van der Waals surface area contributed by atoms with Crippen LogP contribution in [0.1, 0.15) is 23.6 Å². The monoisotopic (exact) mass is 674 g/mol. The molecular weight excluding hydrogens is 647 g/mol. The summed E-state index contributed by atoms with van der Waals surface area (Å²) in [5.74, 6) is 0.729. The van der Waals surface area contributed by atoms with Crippen molar-refractivity contribution < 1.29 is 18.0 Å². The van der Waals surface area contributed by atoms with E-state index in [1.54, 1.807) is 41.3 Å². The number of carbonyl (C=O) groups excluding carboxylic acids is 1. The van der Waals surface area contributed by atoms with Gasteiger partial charge in [0.1, 0.15) is 17.2 Å². The van der Waals surface area contributed by atoms with E-state index in [0.29, 0.717) is 63.9 Å². The average molecular weight is 675 g/mol. The molecule has 0 saturated carbocycles. The number of anilines is 2. The Balaban J connectivity index is 0.000000159. The van der Waals surface area contributed by atoms with Crippen molar-refractivity contribution in [1.82, 2.24) is 60.2 Å². The van der Waals surface area contributed by atoms with E-state index in [1.165, 1.54) is 30.3 Å². The van der Waals surface area contributed by atoms with Crippen molar-refractivity contribution in [3.8, 4) is 22.9 Å². The molecule has 0 radical (unpaired) electrons. The van der Waals surface area contributed by atoms with Crippen LogP contribution in [0.15, 0.2) is 88.4 Å². The van der Waals surface area contributed by atoms with Gasteiger partial charge in [0.2, 0.25) is 17.8 Å². The van der Waals surface area contributed by atoms with Crippen molar-refractivity contribution in [3.05, 3.63) is 102 Å². The van der Waals surface area contributed by atoms with Crippen molar-refractivity contribution in [2.45, 2.75) is 26.6 Å². The second-order valence-electron chi connectivity index (χ2n) is 10.9. The number of hydrogen-bond acceptors (Lipinski definition) is 14. The van der Waals surface area contributed by atoms with Crippen molar-refractivity contribution in [1.29, 1.82) is 0 Å². The molecule has 0 aliphatic carbocycles. The van der Waals surface area contributed by atoms with Crippen LogP contribution in [-0.2, 0) is 24.4 Å². The highest BCUT2D eigenvalue weighted by molar-refractivity contribution is 5.86. The number of amides is 1. The number of oxazole rings is 1. The SMILES string of the molecule is CC(=O)NCc1cccc(Cn2nnc3c(-c4ccco4)nc(N)nc32)c1.Nc1nc(-c2cnco2)c2nnn(Cc3ccccc3F)c2n1. The highest BCUT2D eigenvalue weighted by Crippen LogP contribution is 2.27. The number of carbonyl (C=O) groups is 1. The van der Waals surface area contributed by atoms with Crippen LogP contribution in [-0.4, -0.2) is 60.8 Å². The first-order chi connectivity index (χ1) is 24.3. The van der Waals surface area contributed by atoms with Crippen LogP contribution in [0.5, 0.6) is 0 Å². The van der Waals surface area contributed by atoms with Crippen LogP contribution >= 0.6 is 0 Å².